The summed E-state index contributed by atoms with van der Waals surface area (Å²) in [6.07, 6.45) is 5.64. The molecule has 4 heterocycles. The first kappa shape index (κ1) is 21.2. The van der Waals surface area contributed by atoms with Crippen LogP contribution in [0.4, 0.5) is 0 Å². The maximum atomic E-state index is 9.08. The molecular weight excluding hydrogens is 426 g/mol. The van der Waals surface area contributed by atoms with Gasteiger partial charge in [0.2, 0.25) is 0 Å². The summed E-state index contributed by atoms with van der Waals surface area (Å²) in [6, 6.07) is 0. The van der Waals surface area contributed by atoms with E-state index < -0.39 is 10.4 Å². The second-order valence-electron chi connectivity index (χ2n) is 4.17. The zero-order chi connectivity index (χ0) is 18.4. The number of fused-ring (bicyclic) bond motifs is 2. The predicted molar refractivity (Wildman–Crippen MR) is 80.7 cm³/mol. The van der Waals surface area contributed by atoms with Crippen molar-refractivity contribution in [2.75, 3.05) is 0 Å². The summed E-state index contributed by atoms with van der Waals surface area (Å²) in [5.74, 6) is 0. The van der Waals surface area contributed by atoms with Crippen LogP contribution in [-0.4, -0.2) is 57.2 Å². The number of nitrogens with one attached hydrogen (secondary N) is 2. The largest absolute Gasteiger partial charge is 2.00 e. The van der Waals surface area contributed by atoms with E-state index in [1.165, 1.54) is 25.0 Å². The van der Waals surface area contributed by atoms with Gasteiger partial charge in [0.05, 0.1) is 0 Å². The third kappa shape index (κ3) is 6.25. The molecule has 0 aliphatic rings. The van der Waals surface area contributed by atoms with E-state index in [1.54, 1.807) is 0 Å². The van der Waals surface area contributed by atoms with Crippen molar-refractivity contribution in [2.24, 2.45) is 0 Å². The fourth-order valence-corrected chi connectivity index (χ4v) is 1.50. The van der Waals surface area contributed by atoms with Gasteiger partial charge in [-0.3, -0.25) is 38.9 Å². The molecule has 0 aromatic carbocycles. The van der Waals surface area contributed by atoms with E-state index in [4.69, 9.17) is 27.1 Å². The van der Waals surface area contributed by atoms with Gasteiger partial charge in [0.25, 0.3) is 0 Å². The van der Waals surface area contributed by atoms with E-state index in [1.807, 2.05) is 0 Å². The van der Waals surface area contributed by atoms with E-state index >= 15 is 0 Å². The van der Waals surface area contributed by atoms with Crippen LogP contribution in [0.15, 0.2) is 25.0 Å². The Labute approximate surface area is 155 Å². The Bertz CT molecular complexity index is 1110. The third-order valence-electron chi connectivity index (χ3n) is 2.45. The Kier molecular flexibility index (Phi) is 7.39. The zero-order valence-electron chi connectivity index (χ0n) is 12.8. The van der Waals surface area contributed by atoms with E-state index in [0.29, 0.717) is 22.1 Å². The van der Waals surface area contributed by atoms with E-state index in [0.717, 1.165) is 0 Å². The Morgan fingerprint density at radius 3 is 1.54 bits per heavy atom. The molecule has 0 amide bonds. The molecule has 0 unspecified atom stereocenters. The minimum atomic E-state index is -4.17. The number of H-pyrrole nitrogens is 2. The third-order valence-corrected chi connectivity index (χ3v) is 2.45. The summed E-state index contributed by atoms with van der Waals surface area (Å²) in [6.45, 7) is 0. The van der Waals surface area contributed by atoms with Crippen LogP contribution in [0.5, 0.6) is 0 Å². The summed E-state index contributed by atoms with van der Waals surface area (Å²) in [5.41, 5.74) is 1.01. The molecule has 16 heteroatoms. The maximum absolute atomic E-state index is 9.08. The summed E-state index contributed by atoms with van der Waals surface area (Å²) >= 11 is 0. The summed E-state index contributed by atoms with van der Waals surface area (Å²) in [4.78, 5) is 30.8. The van der Waals surface area contributed by atoms with Gasteiger partial charge in [0.1, 0.15) is 10.8 Å². The number of aromatic amines is 2. The zero-order valence-corrected chi connectivity index (χ0v) is 16.6. The SMILES string of the molecule is O=S(=O)([OH2+])[OH2+].[OH+]=c1[nH]cnc2[n-]ncc12.[OH+]=c1[nH]cnc2[n-]ncc12.[Zn+2]. The Morgan fingerprint density at radius 2 is 1.23 bits per heavy atom. The van der Waals surface area contributed by atoms with Crippen molar-refractivity contribution in [2.45, 2.75) is 0 Å². The van der Waals surface area contributed by atoms with Gasteiger partial charge < -0.3 is 20.2 Å². The molecule has 4 rings (SSSR count). The maximum Gasteiger partial charge on any atom is 2.00 e. The van der Waals surface area contributed by atoms with Gasteiger partial charge >= 0.3 is 41.0 Å². The van der Waals surface area contributed by atoms with Gasteiger partial charge in [-0.05, 0) is 23.9 Å². The summed E-state index contributed by atoms with van der Waals surface area (Å²) in [7, 11) is -4.17. The Hall–Kier alpha value is -2.81. The molecule has 0 saturated carbocycles. The summed E-state index contributed by atoms with van der Waals surface area (Å²) < 4.78 is 29.1. The molecule has 0 radical (unpaired) electrons. The number of aromatic nitrogens is 8. The number of nitrogens with zero attached hydrogens (tertiary/aromatic N) is 6. The standard InChI is InChI=1S/2C5H4N4O.H2O4S.Zn/c2*10-5-3-1-8-9-4(3)6-2-7-5;1-5(2,3)4;/h2*1-2H,(H2,6,7,8,9,10);(H2,1,2,3,4);/q;;;+2/p+2. The van der Waals surface area contributed by atoms with E-state index in [2.05, 4.69) is 40.3 Å². The molecule has 4 aromatic heterocycles. The van der Waals surface area contributed by atoms with Gasteiger partial charge in [-0.1, -0.05) is 8.42 Å². The van der Waals surface area contributed by atoms with Gasteiger partial charge in [-0.25, -0.2) is 0 Å². The topological polar surface area (TPSA) is 234 Å². The second kappa shape index (κ2) is 9.05. The van der Waals surface area contributed by atoms with Crippen molar-refractivity contribution in [1.29, 1.82) is 0 Å². The van der Waals surface area contributed by atoms with Crippen LogP contribution in [0.2, 0.25) is 0 Å². The molecule has 0 aliphatic carbocycles. The van der Waals surface area contributed by atoms with Gasteiger partial charge in [0, 0.05) is 12.4 Å². The first-order chi connectivity index (χ1) is 11.8. The normalized spacial score (nSPS) is 10.2. The van der Waals surface area contributed by atoms with Gasteiger partial charge in [-0.2, -0.15) is 0 Å². The van der Waals surface area contributed by atoms with Gasteiger partial charge in [-0.15, -0.1) is 0 Å². The van der Waals surface area contributed by atoms with E-state index in [-0.39, 0.29) is 30.6 Å². The number of hydrogen-bond acceptors (Lipinski definition) is 6. The molecule has 0 atom stereocenters. The van der Waals surface area contributed by atoms with Crippen molar-refractivity contribution in [3.63, 3.8) is 0 Å². The van der Waals surface area contributed by atoms with Crippen molar-refractivity contribution in [3.05, 3.63) is 36.2 Å². The number of rotatable bonds is 0. The molecule has 132 valence electrons. The van der Waals surface area contributed by atoms with Crippen LogP contribution in [0.25, 0.3) is 22.1 Å². The first-order valence-corrected chi connectivity index (χ1v) is 7.65. The average molecular weight is 438 g/mol. The van der Waals surface area contributed by atoms with Crippen LogP contribution in [0.1, 0.15) is 0 Å². The van der Waals surface area contributed by atoms with Crippen LogP contribution in [0, 0.1) is 0 Å². The Balaban J connectivity index is 0.000000204. The minimum absolute atomic E-state index is 0. The van der Waals surface area contributed by atoms with Crippen molar-refractivity contribution < 1.29 is 46.6 Å². The average Bonchev–Trinajstić information content (AvgIpc) is 3.16. The van der Waals surface area contributed by atoms with Crippen molar-refractivity contribution >= 4 is 32.5 Å². The fourth-order valence-electron chi connectivity index (χ4n) is 1.50. The monoisotopic (exact) mass is 436 g/mol. The first-order valence-electron chi connectivity index (χ1n) is 6.17. The molecule has 26 heavy (non-hydrogen) atoms. The van der Waals surface area contributed by atoms with Crippen LogP contribution < -0.4 is 21.3 Å². The van der Waals surface area contributed by atoms with Crippen LogP contribution in [-0.2, 0) is 29.9 Å². The second-order valence-corrected chi connectivity index (χ2v) is 5.18. The molecular formula is C10H12N8O6SZn+4. The molecule has 0 saturated heterocycles. The smallest absolute Gasteiger partial charge is 0.426 e. The fraction of sp³-hybridized carbons (Fsp3) is 0. The minimum Gasteiger partial charge on any atom is -0.426 e. The molecule has 14 nitrogen and oxygen atoms in total. The molecule has 0 bridgehead atoms. The van der Waals surface area contributed by atoms with Crippen LogP contribution in [0.3, 0.4) is 0 Å². The van der Waals surface area contributed by atoms with Gasteiger partial charge in [0.15, 0.2) is 0 Å². The molecule has 0 aliphatic heterocycles. The van der Waals surface area contributed by atoms with Crippen molar-refractivity contribution in [1.82, 2.24) is 40.3 Å². The van der Waals surface area contributed by atoms with Crippen LogP contribution >= 0.6 is 0 Å². The quantitative estimate of drug-likeness (QED) is 0.200. The number of hydrogen-bond donors (Lipinski definition) is 2. The van der Waals surface area contributed by atoms with Crippen molar-refractivity contribution in [3.8, 4) is 0 Å². The predicted octanol–water partition coefficient (Wildman–Crippen LogP) is -4.48. The Morgan fingerprint density at radius 1 is 0.885 bits per heavy atom. The molecule has 0 fully saturated rings. The molecule has 0 spiro atoms. The van der Waals surface area contributed by atoms with E-state index in [9.17, 15) is 0 Å². The molecule has 4 aromatic rings. The summed E-state index contributed by atoms with van der Waals surface area (Å²) in [5, 5.41) is 15.5. The molecule has 8 N–H and O–H groups in total.